The normalized spacial score (nSPS) is 26.1. The quantitative estimate of drug-likeness (QED) is 0.863. The van der Waals surface area contributed by atoms with Crippen LogP contribution in [0, 0.1) is 17.1 Å². The maximum absolute atomic E-state index is 14.3. The van der Waals surface area contributed by atoms with E-state index in [9.17, 15) is 4.39 Å². The minimum absolute atomic E-state index is 0.273. The highest BCUT2D eigenvalue weighted by atomic mass is 79.9. The van der Waals surface area contributed by atoms with Crippen LogP contribution in [0.3, 0.4) is 0 Å². The molecule has 19 heavy (non-hydrogen) atoms. The average Bonchev–Trinajstić information content (AvgIpc) is 2.73. The van der Waals surface area contributed by atoms with E-state index in [-0.39, 0.29) is 10.3 Å². The smallest absolute Gasteiger partial charge is 0.161 e. The van der Waals surface area contributed by atoms with E-state index < -0.39 is 0 Å². The summed E-state index contributed by atoms with van der Waals surface area (Å²) in [5, 5.41) is 12.5. The zero-order chi connectivity index (χ0) is 13.4. The van der Waals surface area contributed by atoms with Gasteiger partial charge in [-0.2, -0.15) is 5.26 Å². The highest BCUT2D eigenvalue weighted by molar-refractivity contribution is 9.10. The van der Waals surface area contributed by atoms with Crippen LogP contribution in [0.15, 0.2) is 16.6 Å². The van der Waals surface area contributed by atoms with Crippen molar-refractivity contribution in [3.05, 3.63) is 28.0 Å². The molecule has 100 valence electrons. The van der Waals surface area contributed by atoms with Gasteiger partial charge in [0.15, 0.2) is 5.82 Å². The summed E-state index contributed by atoms with van der Waals surface area (Å²) in [5.74, 6) is -0.322. The van der Waals surface area contributed by atoms with Gasteiger partial charge in [0.1, 0.15) is 6.07 Å². The molecule has 0 radical (unpaired) electrons. The van der Waals surface area contributed by atoms with Crippen molar-refractivity contribution in [2.75, 3.05) is 18.0 Å². The number of nitriles is 1. The van der Waals surface area contributed by atoms with Crippen molar-refractivity contribution in [2.45, 2.75) is 31.3 Å². The van der Waals surface area contributed by atoms with Crippen molar-refractivity contribution in [3.8, 4) is 6.07 Å². The van der Waals surface area contributed by atoms with E-state index >= 15 is 0 Å². The maximum atomic E-state index is 14.3. The molecule has 0 aromatic heterocycles. The van der Waals surface area contributed by atoms with Gasteiger partial charge in [-0.1, -0.05) is 0 Å². The van der Waals surface area contributed by atoms with E-state index in [4.69, 9.17) is 5.26 Å². The molecule has 2 aliphatic heterocycles. The second-order valence-electron chi connectivity index (χ2n) is 5.24. The summed E-state index contributed by atoms with van der Waals surface area (Å²) in [6.45, 7) is 1.70. The van der Waals surface area contributed by atoms with E-state index in [1.165, 1.54) is 12.8 Å². The van der Waals surface area contributed by atoms with Crippen molar-refractivity contribution < 1.29 is 4.39 Å². The fourth-order valence-corrected chi connectivity index (χ4v) is 3.46. The van der Waals surface area contributed by atoms with E-state index in [0.29, 0.717) is 23.3 Å². The van der Waals surface area contributed by atoms with Gasteiger partial charge in [-0.15, -0.1) is 0 Å². The molecule has 1 aromatic rings. The number of hydrogen-bond acceptors (Lipinski definition) is 3. The molecule has 2 atom stereocenters. The minimum Gasteiger partial charge on any atom is -0.368 e. The Morgan fingerprint density at radius 2 is 2.11 bits per heavy atom. The van der Waals surface area contributed by atoms with Crippen LogP contribution in [0.2, 0.25) is 0 Å². The van der Waals surface area contributed by atoms with Crippen LogP contribution < -0.4 is 10.2 Å². The van der Waals surface area contributed by atoms with Crippen LogP contribution in [0.1, 0.15) is 24.8 Å². The molecule has 0 aliphatic carbocycles. The van der Waals surface area contributed by atoms with Gasteiger partial charge in [0.2, 0.25) is 0 Å². The molecule has 5 heteroatoms. The second kappa shape index (κ2) is 5.10. The molecular weight excluding hydrogens is 309 g/mol. The van der Waals surface area contributed by atoms with Gasteiger partial charge in [0.25, 0.3) is 0 Å². The number of rotatable bonds is 1. The predicted molar refractivity (Wildman–Crippen MR) is 75.6 cm³/mol. The average molecular weight is 324 g/mol. The Labute approximate surface area is 120 Å². The fourth-order valence-electron chi connectivity index (χ4n) is 3.03. The van der Waals surface area contributed by atoms with E-state index in [2.05, 4.69) is 26.1 Å². The summed E-state index contributed by atoms with van der Waals surface area (Å²) in [5.41, 5.74) is 0.941. The van der Waals surface area contributed by atoms with Crippen molar-refractivity contribution in [2.24, 2.45) is 0 Å². The van der Waals surface area contributed by atoms with Gasteiger partial charge in [-0.3, -0.25) is 0 Å². The molecule has 2 aliphatic rings. The van der Waals surface area contributed by atoms with Gasteiger partial charge in [0, 0.05) is 25.2 Å². The molecular formula is C14H15BrFN3. The van der Waals surface area contributed by atoms with Crippen LogP contribution in [0.4, 0.5) is 10.1 Å². The summed E-state index contributed by atoms with van der Waals surface area (Å²) in [4.78, 5) is 2.10. The molecule has 2 bridgehead atoms. The lowest BCUT2D eigenvalue weighted by atomic mass is 10.1. The first-order valence-electron chi connectivity index (χ1n) is 6.58. The lowest BCUT2D eigenvalue weighted by Crippen LogP contribution is -2.35. The SMILES string of the molecule is N#Cc1ccc(N2CCC3CCC(C2)N3)c(F)c1Br. The lowest BCUT2D eigenvalue weighted by Gasteiger charge is -2.27. The molecule has 1 N–H and O–H groups in total. The number of anilines is 1. The maximum Gasteiger partial charge on any atom is 0.161 e. The van der Waals surface area contributed by atoms with Crippen molar-refractivity contribution in [3.63, 3.8) is 0 Å². The second-order valence-corrected chi connectivity index (χ2v) is 6.04. The molecule has 0 spiro atoms. The highest BCUT2D eigenvalue weighted by Gasteiger charge is 2.30. The summed E-state index contributed by atoms with van der Waals surface area (Å²) in [6.07, 6.45) is 3.45. The van der Waals surface area contributed by atoms with Crippen molar-refractivity contribution in [1.29, 1.82) is 5.26 Å². The van der Waals surface area contributed by atoms with E-state index in [0.717, 1.165) is 19.5 Å². The largest absolute Gasteiger partial charge is 0.368 e. The summed E-state index contributed by atoms with van der Waals surface area (Å²) in [6, 6.07) is 6.43. The molecule has 2 unspecified atom stereocenters. The Bertz CT molecular complexity index is 540. The van der Waals surface area contributed by atoms with Crippen LogP contribution >= 0.6 is 15.9 Å². The van der Waals surface area contributed by atoms with Crippen LogP contribution in [0.25, 0.3) is 0 Å². The fraction of sp³-hybridized carbons (Fsp3) is 0.500. The first-order valence-corrected chi connectivity index (χ1v) is 7.37. The zero-order valence-electron chi connectivity index (χ0n) is 10.5. The van der Waals surface area contributed by atoms with Crippen molar-refractivity contribution >= 4 is 21.6 Å². The molecule has 2 heterocycles. The topological polar surface area (TPSA) is 39.1 Å². The number of fused-ring (bicyclic) bond motifs is 2. The Morgan fingerprint density at radius 3 is 2.89 bits per heavy atom. The predicted octanol–water partition coefficient (Wildman–Crippen LogP) is 2.79. The molecule has 0 amide bonds. The number of halogens is 2. The number of nitrogens with one attached hydrogen (secondary N) is 1. The Kier molecular flexibility index (Phi) is 3.46. The van der Waals surface area contributed by atoms with Gasteiger partial charge in [-0.05, 0) is 47.3 Å². The van der Waals surface area contributed by atoms with Crippen LogP contribution in [0.5, 0.6) is 0 Å². The van der Waals surface area contributed by atoms with Gasteiger partial charge in [0.05, 0.1) is 15.7 Å². The lowest BCUT2D eigenvalue weighted by molar-refractivity contribution is 0.563. The van der Waals surface area contributed by atoms with Gasteiger partial charge in [-0.25, -0.2) is 4.39 Å². The third-order valence-electron chi connectivity index (χ3n) is 4.05. The third-order valence-corrected chi connectivity index (χ3v) is 4.82. The molecule has 1 aromatic carbocycles. The first-order chi connectivity index (χ1) is 9.19. The molecule has 3 nitrogen and oxygen atoms in total. The number of nitrogens with zero attached hydrogens (tertiary/aromatic N) is 2. The van der Waals surface area contributed by atoms with Gasteiger partial charge >= 0.3 is 0 Å². The number of hydrogen-bond donors (Lipinski definition) is 1. The number of benzene rings is 1. The van der Waals surface area contributed by atoms with Crippen LogP contribution in [-0.4, -0.2) is 25.2 Å². The van der Waals surface area contributed by atoms with Crippen LogP contribution in [-0.2, 0) is 0 Å². The summed E-state index contributed by atoms with van der Waals surface area (Å²) in [7, 11) is 0. The standard InChI is InChI=1S/C14H15BrFN3/c15-13-9(7-17)1-4-12(14(13)16)19-6-5-10-2-3-11(8-19)18-10/h1,4,10-11,18H,2-3,5-6,8H2. The first kappa shape index (κ1) is 12.9. The molecule has 3 rings (SSSR count). The minimum atomic E-state index is -0.322. The molecule has 0 saturated carbocycles. The van der Waals surface area contributed by atoms with E-state index in [1.54, 1.807) is 12.1 Å². The molecule has 2 saturated heterocycles. The molecule has 2 fully saturated rings. The Hall–Kier alpha value is -1.12. The Balaban J connectivity index is 1.90. The third kappa shape index (κ3) is 2.35. The summed E-state index contributed by atoms with van der Waals surface area (Å²) < 4.78 is 14.6. The Morgan fingerprint density at radius 1 is 1.32 bits per heavy atom. The van der Waals surface area contributed by atoms with Crippen molar-refractivity contribution in [1.82, 2.24) is 5.32 Å². The summed E-state index contributed by atoms with van der Waals surface area (Å²) >= 11 is 3.18. The van der Waals surface area contributed by atoms with E-state index in [1.807, 2.05) is 6.07 Å². The zero-order valence-corrected chi connectivity index (χ0v) is 12.1. The van der Waals surface area contributed by atoms with Gasteiger partial charge < -0.3 is 10.2 Å². The monoisotopic (exact) mass is 323 g/mol. The highest BCUT2D eigenvalue weighted by Crippen LogP contribution is 2.31.